The van der Waals surface area contributed by atoms with Crippen LogP contribution in [0.5, 0.6) is 11.5 Å². The Hall–Kier alpha value is -2.87. The molecule has 0 saturated carbocycles. The quantitative estimate of drug-likeness (QED) is 0.573. The van der Waals surface area contributed by atoms with Crippen LogP contribution in [0.2, 0.25) is 0 Å². The molecule has 0 radical (unpaired) electrons. The third kappa shape index (κ3) is 3.92. The normalized spacial score (nSPS) is 18.3. The molecule has 8 heteroatoms. The highest BCUT2D eigenvalue weighted by Gasteiger charge is 2.34. The molecule has 162 valence electrons. The van der Waals surface area contributed by atoms with Crippen LogP contribution >= 0.6 is 11.3 Å². The van der Waals surface area contributed by atoms with Crippen molar-refractivity contribution in [3.63, 3.8) is 0 Å². The van der Waals surface area contributed by atoms with Crippen LogP contribution in [0.3, 0.4) is 0 Å². The van der Waals surface area contributed by atoms with Crippen molar-refractivity contribution in [3.8, 4) is 22.3 Å². The highest BCUT2D eigenvalue weighted by molar-refractivity contribution is 7.15. The van der Waals surface area contributed by atoms with Crippen molar-refractivity contribution in [2.75, 3.05) is 20.8 Å². The van der Waals surface area contributed by atoms with Crippen LogP contribution in [0.25, 0.3) is 10.8 Å². The molecule has 1 aromatic carbocycles. The second kappa shape index (κ2) is 8.34. The smallest absolute Gasteiger partial charge is 0.268 e. The Kier molecular flexibility index (Phi) is 5.40. The molecule has 0 bridgehead atoms. The van der Waals surface area contributed by atoms with Crippen molar-refractivity contribution in [1.29, 1.82) is 0 Å². The summed E-state index contributed by atoms with van der Waals surface area (Å²) >= 11 is 1.76. The average Bonchev–Trinajstić information content (AvgIpc) is 3.52. The Morgan fingerprint density at radius 2 is 2.00 bits per heavy atom. The highest BCUT2D eigenvalue weighted by atomic mass is 32.1. The molecule has 3 heterocycles. The van der Waals surface area contributed by atoms with Crippen molar-refractivity contribution in [3.05, 3.63) is 46.1 Å². The summed E-state index contributed by atoms with van der Waals surface area (Å²) in [5.74, 6) is 2.55. The first-order valence-corrected chi connectivity index (χ1v) is 11.4. The fourth-order valence-corrected chi connectivity index (χ4v) is 5.57. The Morgan fingerprint density at radius 3 is 2.81 bits per heavy atom. The van der Waals surface area contributed by atoms with Gasteiger partial charge in [0.25, 0.3) is 5.89 Å². The maximum Gasteiger partial charge on any atom is 0.268 e. The van der Waals surface area contributed by atoms with Gasteiger partial charge < -0.3 is 18.9 Å². The number of fused-ring (bicyclic) bond motifs is 1. The molecule has 2 aliphatic rings. The standard InChI is InChI=1S/C23H25N3O4S/c1-28-17-8-7-14(9-18(17)29-2)12-26-13-16(11-21(26)27)22-24-23(30-25-22)20-10-15-5-3-4-6-19(15)31-20/h7-10,16H,3-6,11-13H2,1-2H3. The van der Waals surface area contributed by atoms with Gasteiger partial charge in [-0.05, 0) is 55.0 Å². The zero-order valence-corrected chi connectivity index (χ0v) is 18.5. The van der Waals surface area contributed by atoms with Gasteiger partial charge in [0.15, 0.2) is 17.3 Å². The number of carbonyl (C=O) groups excluding carboxylic acids is 1. The molecule has 1 amide bonds. The van der Waals surface area contributed by atoms with Crippen LogP contribution in [-0.2, 0) is 24.2 Å². The Labute approximate surface area is 185 Å². The summed E-state index contributed by atoms with van der Waals surface area (Å²) in [6, 6.07) is 7.91. The number of likely N-dealkylation sites (tertiary alicyclic amines) is 1. The fourth-order valence-electron chi connectivity index (χ4n) is 4.39. The topological polar surface area (TPSA) is 77.7 Å². The summed E-state index contributed by atoms with van der Waals surface area (Å²) in [6.45, 7) is 1.09. The van der Waals surface area contributed by atoms with Gasteiger partial charge >= 0.3 is 0 Å². The van der Waals surface area contributed by atoms with Gasteiger partial charge in [0.05, 0.1) is 19.1 Å². The van der Waals surface area contributed by atoms with Crippen LogP contribution in [-0.4, -0.2) is 41.7 Å². The molecule has 31 heavy (non-hydrogen) atoms. The third-order valence-electron chi connectivity index (χ3n) is 6.05. The third-order valence-corrected chi connectivity index (χ3v) is 7.28. The first-order chi connectivity index (χ1) is 15.1. The van der Waals surface area contributed by atoms with Gasteiger partial charge in [-0.15, -0.1) is 11.3 Å². The molecule has 0 N–H and O–H groups in total. The van der Waals surface area contributed by atoms with Crippen LogP contribution in [0.1, 0.15) is 47.0 Å². The number of benzene rings is 1. The van der Waals surface area contributed by atoms with Gasteiger partial charge in [-0.2, -0.15) is 4.98 Å². The predicted molar refractivity (Wildman–Crippen MR) is 117 cm³/mol. The van der Waals surface area contributed by atoms with Gasteiger partial charge in [0.2, 0.25) is 5.91 Å². The number of nitrogens with zero attached hydrogens (tertiary/aromatic N) is 3. The number of rotatable bonds is 6. The van der Waals surface area contributed by atoms with E-state index >= 15 is 0 Å². The Morgan fingerprint density at radius 1 is 1.16 bits per heavy atom. The first-order valence-electron chi connectivity index (χ1n) is 10.6. The number of aryl methyl sites for hydroxylation is 2. The summed E-state index contributed by atoms with van der Waals surface area (Å²) in [4.78, 5) is 21.6. The zero-order chi connectivity index (χ0) is 21.4. The van der Waals surface area contributed by atoms with Crippen molar-refractivity contribution in [1.82, 2.24) is 15.0 Å². The second-order valence-electron chi connectivity index (χ2n) is 8.09. The molecule has 1 aliphatic heterocycles. The number of amides is 1. The van der Waals surface area contributed by atoms with Crippen LogP contribution in [0.15, 0.2) is 28.8 Å². The molecule has 1 fully saturated rings. The van der Waals surface area contributed by atoms with Crippen molar-refractivity contribution < 1.29 is 18.8 Å². The van der Waals surface area contributed by atoms with Gasteiger partial charge in [-0.1, -0.05) is 11.2 Å². The van der Waals surface area contributed by atoms with Gasteiger partial charge in [0.1, 0.15) is 0 Å². The van der Waals surface area contributed by atoms with Crippen LogP contribution in [0.4, 0.5) is 0 Å². The van der Waals surface area contributed by atoms with E-state index in [-0.39, 0.29) is 11.8 Å². The van der Waals surface area contributed by atoms with Gasteiger partial charge in [-0.3, -0.25) is 4.79 Å². The van der Waals surface area contributed by atoms with E-state index < -0.39 is 0 Å². The Balaban J connectivity index is 1.29. The van der Waals surface area contributed by atoms with E-state index in [4.69, 9.17) is 14.0 Å². The Bertz CT molecular complexity index is 1080. The lowest BCUT2D eigenvalue weighted by Crippen LogP contribution is -2.24. The van der Waals surface area contributed by atoms with E-state index in [1.807, 2.05) is 23.1 Å². The van der Waals surface area contributed by atoms with E-state index in [0.29, 0.717) is 42.7 Å². The monoisotopic (exact) mass is 439 g/mol. The molecule has 5 rings (SSSR count). The van der Waals surface area contributed by atoms with E-state index in [9.17, 15) is 4.79 Å². The van der Waals surface area contributed by atoms with E-state index in [1.54, 1.807) is 25.6 Å². The average molecular weight is 440 g/mol. The molecule has 1 saturated heterocycles. The van der Waals surface area contributed by atoms with Gasteiger partial charge in [0, 0.05) is 30.3 Å². The maximum atomic E-state index is 12.6. The van der Waals surface area contributed by atoms with E-state index in [0.717, 1.165) is 23.3 Å². The molecule has 1 aliphatic carbocycles. The number of methoxy groups -OCH3 is 2. The van der Waals surface area contributed by atoms with Crippen molar-refractivity contribution >= 4 is 17.2 Å². The molecule has 0 spiro atoms. The number of thiophene rings is 1. The first kappa shape index (κ1) is 20.1. The summed E-state index contributed by atoms with van der Waals surface area (Å²) in [5, 5.41) is 4.21. The second-order valence-corrected chi connectivity index (χ2v) is 9.23. The molecule has 2 aromatic heterocycles. The van der Waals surface area contributed by atoms with E-state index in [2.05, 4.69) is 16.2 Å². The summed E-state index contributed by atoms with van der Waals surface area (Å²) in [5.41, 5.74) is 2.41. The molecule has 1 unspecified atom stereocenters. The minimum absolute atomic E-state index is 0.0558. The van der Waals surface area contributed by atoms with Crippen LogP contribution in [0, 0.1) is 0 Å². The maximum absolute atomic E-state index is 12.6. The van der Waals surface area contributed by atoms with Gasteiger partial charge in [-0.25, -0.2) is 0 Å². The number of aromatic nitrogens is 2. The number of hydrogen-bond donors (Lipinski definition) is 0. The zero-order valence-electron chi connectivity index (χ0n) is 17.7. The summed E-state index contributed by atoms with van der Waals surface area (Å²) < 4.78 is 16.2. The lowest BCUT2D eigenvalue weighted by atomic mass is 9.99. The van der Waals surface area contributed by atoms with E-state index in [1.165, 1.54) is 23.3 Å². The minimum atomic E-state index is -0.0558. The molecular weight excluding hydrogens is 414 g/mol. The summed E-state index contributed by atoms with van der Waals surface area (Å²) in [7, 11) is 3.22. The summed E-state index contributed by atoms with van der Waals surface area (Å²) in [6.07, 6.45) is 5.17. The molecular formula is C23H25N3O4S. The molecule has 3 aromatic rings. The minimum Gasteiger partial charge on any atom is -0.493 e. The largest absolute Gasteiger partial charge is 0.493 e. The van der Waals surface area contributed by atoms with Crippen molar-refractivity contribution in [2.45, 2.75) is 44.6 Å². The molecule has 1 atom stereocenters. The lowest BCUT2D eigenvalue weighted by molar-refractivity contribution is -0.128. The fraction of sp³-hybridized carbons (Fsp3) is 0.435. The lowest BCUT2D eigenvalue weighted by Gasteiger charge is -2.17. The van der Waals surface area contributed by atoms with Crippen LogP contribution < -0.4 is 9.47 Å². The molecule has 7 nitrogen and oxygen atoms in total. The SMILES string of the molecule is COc1ccc(CN2CC(c3noc(-c4cc5c(s4)CCCC5)n3)CC2=O)cc1OC. The number of ether oxygens (including phenoxy) is 2. The van der Waals surface area contributed by atoms with Crippen molar-refractivity contribution in [2.24, 2.45) is 0 Å². The predicted octanol–water partition coefficient (Wildman–Crippen LogP) is 4.21. The number of hydrogen-bond acceptors (Lipinski definition) is 7. The highest BCUT2D eigenvalue weighted by Crippen LogP contribution is 2.36. The number of carbonyl (C=O) groups is 1.